The van der Waals surface area contributed by atoms with Gasteiger partial charge < -0.3 is 10.4 Å². The number of hydrogen-bond acceptors (Lipinski definition) is 5. The van der Waals surface area contributed by atoms with Gasteiger partial charge in [0, 0.05) is 16.2 Å². The van der Waals surface area contributed by atoms with E-state index in [1.165, 1.54) is 16.2 Å². The van der Waals surface area contributed by atoms with Crippen LogP contribution in [0.15, 0.2) is 22.9 Å². The molecule has 0 aromatic carbocycles. The summed E-state index contributed by atoms with van der Waals surface area (Å²) in [5, 5.41) is 15.5. The number of rotatable bonds is 6. The molecule has 0 fully saturated rings. The summed E-state index contributed by atoms with van der Waals surface area (Å²) in [5.41, 5.74) is 0.462. The number of carbonyl (C=O) groups is 2. The van der Waals surface area contributed by atoms with Crippen LogP contribution in [-0.4, -0.2) is 22.0 Å². The maximum absolute atomic E-state index is 12.0. The monoisotopic (exact) mass is 310 g/mol. The molecule has 0 aliphatic carbocycles. The Morgan fingerprint density at radius 3 is 2.90 bits per heavy atom. The highest BCUT2D eigenvalue weighted by molar-refractivity contribution is 7.14. The quantitative estimate of drug-likeness (QED) is 0.859. The highest BCUT2D eigenvalue weighted by Gasteiger charge is 2.16. The Labute approximate surface area is 124 Å². The number of carboxylic acids is 1. The predicted octanol–water partition coefficient (Wildman–Crippen LogP) is 2.65. The second kappa shape index (κ2) is 6.62. The van der Waals surface area contributed by atoms with Gasteiger partial charge in [0.2, 0.25) is 5.91 Å². The molecule has 2 heterocycles. The fourth-order valence-electron chi connectivity index (χ4n) is 1.65. The number of nitrogens with one attached hydrogen (secondary N) is 1. The maximum Gasteiger partial charge on any atom is 0.309 e. The van der Waals surface area contributed by atoms with Crippen LogP contribution in [0.4, 0.5) is 5.13 Å². The predicted molar refractivity (Wildman–Crippen MR) is 79.3 cm³/mol. The molecule has 0 spiro atoms. The van der Waals surface area contributed by atoms with Crippen molar-refractivity contribution in [2.45, 2.75) is 19.8 Å². The van der Waals surface area contributed by atoms with E-state index in [2.05, 4.69) is 10.3 Å². The van der Waals surface area contributed by atoms with E-state index in [1.54, 1.807) is 16.7 Å². The first-order valence-electron chi connectivity index (χ1n) is 6.04. The maximum atomic E-state index is 12.0. The van der Waals surface area contributed by atoms with Gasteiger partial charge in [-0.3, -0.25) is 9.59 Å². The van der Waals surface area contributed by atoms with Gasteiger partial charge in [-0.15, -0.1) is 22.7 Å². The van der Waals surface area contributed by atoms with E-state index in [0.717, 1.165) is 0 Å². The normalized spacial score (nSPS) is 12.1. The van der Waals surface area contributed by atoms with Crippen LogP contribution >= 0.6 is 22.7 Å². The average Bonchev–Trinajstić information content (AvgIpc) is 3.00. The van der Waals surface area contributed by atoms with Gasteiger partial charge in [-0.05, 0) is 17.9 Å². The van der Waals surface area contributed by atoms with Crippen molar-refractivity contribution >= 4 is 39.7 Å². The zero-order valence-corrected chi connectivity index (χ0v) is 12.5. The van der Waals surface area contributed by atoms with Gasteiger partial charge >= 0.3 is 5.97 Å². The van der Waals surface area contributed by atoms with Crippen LogP contribution in [0.25, 0.3) is 0 Å². The smallest absolute Gasteiger partial charge is 0.309 e. The van der Waals surface area contributed by atoms with E-state index in [-0.39, 0.29) is 18.2 Å². The first kappa shape index (κ1) is 14.7. The largest absolute Gasteiger partial charge is 0.481 e. The van der Waals surface area contributed by atoms with Gasteiger partial charge in [0.15, 0.2) is 5.13 Å². The molecule has 5 nitrogen and oxygen atoms in total. The number of carbonyl (C=O) groups excluding carboxylic acids is 1. The molecular formula is C13H14N2O3S2. The van der Waals surface area contributed by atoms with Crippen molar-refractivity contribution < 1.29 is 14.7 Å². The number of hydrogen-bond donors (Lipinski definition) is 2. The van der Waals surface area contributed by atoms with E-state index in [4.69, 9.17) is 5.11 Å². The van der Waals surface area contributed by atoms with E-state index >= 15 is 0 Å². The lowest BCUT2D eigenvalue weighted by Gasteiger charge is -2.09. The van der Waals surface area contributed by atoms with E-state index in [1.807, 2.05) is 24.4 Å². The van der Waals surface area contributed by atoms with Crippen LogP contribution in [0.3, 0.4) is 0 Å². The standard InChI is InChI=1S/C13H14N2O3S2/c1-8(5-10-3-2-4-19-10)12(18)15-13-14-9(7-20-13)6-11(16)17/h2-4,7-8H,5-6H2,1H3,(H,16,17)(H,14,15,18). The summed E-state index contributed by atoms with van der Waals surface area (Å²) in [7, 11) is 0. The molecule has 106 valence electrons. The van der Waals surface area contributed by atoms with Gasteiger partial charge in [-0.25, -0.2) is 4.98 Å². The Balaban J connectivity index is 1.90. The lowest BCUT2D eigenvalue weighted by Crippen LogP contribution is -2.21. The van der Waals surface area contributed by atoms with Crippen molar-refractivity contribution in [3.63, 3.8) is 0 Å². The average molecular weight is 310 g/mol. The fraction of sp³-hybridized carbons (Fsp3) is 0.308. The van der Waals surface area contributed by atoms with Crippen LogP contribution < -0.4 is 5.32 Å². The van der Waals surface area contributed by atoms with E-state index < -0.39 is 5.97 Å². The van der Waals surface area contributed by atoms with Crippen LogP contribution in [0, 0.1) is 5.92 Å². The minimum Gasteiger partial charge on any atom is -0.481 e. The molecule has 20 heavy (non-hydrogen) atoms. The lowest BCUT2D eigenvalue weighted by atomic mass is 10.1. The summed E-state index contributed by atoms with van der Waals surface area (Å²) >= 11 is 2.87. The molecule has 2 aromatic rings. The molecule has 1 unspecified atom stereocenters. The van der Waals surface area contributed by atoms with Gasteiger partial charge in [-0.2, -0.15) is 0 Å². The Hall–Kier alpha value is -1.73. The Morgan fingerprint density at radius 2 is 2.25 bits per heavy atom. The summed E-state index contributed by atoms with van der Waals surface area (Å²) in [4.78, 5) is 27.8. The molecular weight excluding hydrogens is 296 g/mol. The third-order valence-electron chi connectivity index (χ3n) is 2.65. The van der Waals surface area contributed by atoms with Crippen molar-refractivity contribution in [2.75, 3.05) is 5.32 Å². The molecule has 0 aliphatic heterocycles. The van der Waals surface area contributed by atoms with Crippen LogP contribution in [-0.2, 0) is 22.4 Å². The fourth-order valence-corrected chi connectivity index (χ4v) is 3.20. The molecule has 1 atom stereocenters. The van der Waals surface area contributed by atoms with Crippen LogP contribution in [0.1, 0.15) is 17.5 Å². The van der Waals surface area contributed by atoms with Crippen molar-refractivity contribution in [1.82, 2.24) is 4.98 Å². The zero-order valence-electron chi connectivity index (χ0n) is 10.8. The number of thiophene rings is 1. The first-order chi connectivity index (χ1) is 9.54. The SMILES string of the molecule is CC(Cc1cccs1)C(=O)Nc1nc(CC(=O)O)cs1. The minimum absolute atomic E-state index is 0.102. The molecule has 2 N–H and O–H groups in total. The topological polar surface area (TPSA) is 79.3 Å². The van der Waals surface area contributed by atoms with E-state index in [0.29, 0.717) is 17.2 Å². The third-order valence-corrected chi connectivity index (χ3v) is 4.35. The lowest BCUT2D eigenvalue weighted by molar-refractivity contribution is -0.136. The van der Waals surface area contributed by atoms with Gasteiger partial charge in [0.05, 0.1) is 12.1 Å². The van der Waals surface area contributed by atoms with Crippen molar-refractivity contribution in [1.29, 1.82) is 0 Å². The van der Waals surface area contributed by atoms with Gasteiger partial charge in [-0.1, -0.05) is 13.0 Å². The summed E-state index contributed by atoms with van der Waals surface area (Å²) < 4.78 is 0. The number of nitrogens with zero attached hydrogens (tertiary/aromatic N) is 1. The first-order valence-corrected chi connectivity index (χ1v) is 7.80. The minimum atomic E-state index is -0.931. The molecule has 0 saturated heterocycles. The molecule has 0 saturated carbocycles. The number of amides is 1. The Kier molecular flexibility index (Phi) is 4.86. The number of aliphatic carboxylic acids is 1. The third kappa shape index (κ3) is 4.14. The van der Waals surface area contributed by atoms with E-state index in [9.17, 15) is 9.59 Å². The molecule has 7 heteroatoms. The van der Waals surface area contributed by atoms with Crippen molar-refractivity contribution in [2.24, 2.45) is 5.92 Å². The highest BCUT2D eigenvalue weighted by atomic mass is 32.1. The van der Waals surface area contributed by atoms with Crippen molar-refractivity contribution in [3.05, 3.63) is 33.5 Å². The molecule has 2 rings (SSSR count). The summed E-state index contributed by atoms with van der Waals surface area (Å²) in [6.45, 7) is 1.86. The van der Waals surface area contributed by atoms with Crippen LogP contribution in [0.5, 0.6) is 0 Å². The summed E-state index contributed by atoms with van der Waals surface area (Å²) in [6.07, 6.45) is 0.563. The molecule has 0 bridgehead atoms. The van der Waals surface area contributed by atoms with Crippen LogP contribution in [0.2, 0.25) is 0 Å². The second-order valence-electron chi connectivity index (χ2n) is 4.39. The Morgan fingerprint density at radius 1 is 1.45 bits per heavy atom. The molecule has 1 amide bonds. The summed E-state index contributed by atoms with van der Waals surface area (Å²) in [5.74, 6) is -1.19. The number of thiazole rings is 1. The van der Waals surface area contributed by atoms with Crippen molar-refractivity contribution in [3.8, 4) is 0 Å². The molecule has 0 radical (unpaired) electrons. The summed E-state index contributed by atoms with van der Waals surface area (Å²) in [6, 6.07) is 3.96. The molecule has 2 aromatic heterocycles. The zero-order chi connectivity index (χ0) is 14.5. The number of aromatic nitrogens is 1. The van der Waals surface area contributed by atoms with Gasteiger partial charge in [0.1, 0.15) is 0 Å². The highest BCUT2D eigenvalue weighted by Crippen LogP contribution is 2.19. The number of anilines is 1. The number of carboxylic acid groups (broad SMARTS) is 1. The Bertz CT molecular complexity index is 593. The van der Waals surface area contributed by atoms with Gasteiger partial charge in [0.25, 0.3) is 0 Å². The second-order valence-corrected chi connectivity index (χ2v) is 6.28. The molecule has 0 aliphatic rings.